The van der Waals surface area contributed by atoms with E-state index in [2.05, 4.69) is 22.2 Å². The normalized spacial score (nSPS) is 17.8. The van der Waals surface area contributed by atoms with Crippen LogP contribution in [0.15, 0.2) is 64.5 Å². The van der Waals surface area contributed by atoms with Crippen molar-refractivity contribution in [1.82, 2.24) is 20.2 Å². The molecule has 2 aliphatic carbocycles. The van der Waals surface area contributed by atoms with Gasteiger partial charge in [-0.1, -0.05) is 29.3 Å². The molecule has 1 atom stereocenters. The molecule has 2 aliphatic rings. The van der Waals surface area contributed by atoms with E-state index in [0.717, 1.165) is 42.4 Å². The van der Waals surface area contributed by atoms with Crippen LogP contribution in [0.25, 0.3) is 11.0 Å². The number of amides is 1. The monoisotopic (exact) mass is 486 g/mol. The highest BCUT2D eigenvalue weighted by Crippen LogP contribution is 2.33. The summed E-state index contributed by atoms with van der Waals surface area (Å²) in [5.74, 6) is 0.281. The second-order valence-corrected chi connectivity index (χ2v) is 9.32. The van der Waals surface area contributed by atoms with E-state index in [1.165, 1.54) is 11.6 Å². The first-order chi connectivity index (χ1) is 16.2. The summed E-state index contributed by atoms with van der Waals surface area (Å²) in [6.45, 7) is 3.89. The van der Waals surface area contributed by atoms with Crippen molar-refractivity contribution in [2.75, 3.05) is 7.05 Å². The molecule has 1 aromatic heterocycles. The van der Waals surface area contributed by atoms with E-state index in [9.17, 15) is 13.6 Å². The number of likely N-dealkylation sites (N-methyl/N-ethyl adjacent to an activating group) is 1. The zero-order chi connectivity index (χ0) is 24.4. The van der Waals surface area contributed by atoms with E-state index in [1.54, 1.807) is 24.3 Å². The third-order valence-electron chi connectivity index (χ3n) is 6.50. The minimum absolute atomic E-state index is 0.0466. The van der Waals surface area contributed by atoms with E-state index >= 15 is 0 Å². The first kappa shape index (κ1) is 24.2. The molecule has 0 bridgehead atoms. The Balaban J connectivity index is 1.55. The standard InChI is InChI=1S/C26H29ClF2N4O/c1-15-6-4-5-7-22(15)33(3)23-13-9-17(8-11-19(23)24(28)29)26(34)30-16(2)25-31-20-12-10-18(27)14-21(20)32-25/h9-14,16,24H,4-8H2,1-3H3,(H,30,34)(H,31,32). The van der Waals surface area contributed by atoms with Crippen molar-refractivity contribution in [3.05, 3.63) is 75.4 Å². The average molecular weight is 487 g/mol. The quantitative estimate of drug-likeness (QED) is 0.485. The number of rotatable bonds is 6. The summed E-state index contributed by atoms with van der Waals surface area (Å²) < 4.78 is 27.9. The largest absolute Gasteiger partial charge is 0.348 e. The number of nitrogens with zero attached hydrogens (tertiary/aromatic N) is 2. The summed E-state index contributed by atoms with van der Waals surface area (Å²) in [5, 5.41) is 3.52. The van der Waals surface area contributed by atoms with Crippen LogP contribution in [0.2, 0.25) is 5.02 Å². The summed E-state index contributed by atoms with van der Waals surface area (Å²) >= 11 is 6.04. The smallest absolute Gasteiger partial charge is 0.265 e. The second kappa shape index (κ2) is 10.1. The number of hydrogen-bond acceptors (Lipinski definition) is 3. The molecule has 1 heterocycles. The fourth-order valence-corrected chi connectivity index (χ4v) is 4.72. The third-order valence-corrected chi connectivity index (χ3v) is 6.74. The van der Waals surface area contributed by atoms with Crippen LogP contribution in [0.1, 0.15) is 57.8 Å². The molecule has 5 nitrogen and oxygen atoms in total. The highest BCUT2D eigenvalue weighted by atomic mass is 35.5. The first-order valence-electron chi connectivity index (χ1n) is 11.5. The SMILES string of the molecule is CC1=C(N(C)C2=CC=C(C(=O)NC(C)c3nc4ccc(Cl)cc4[nH]3)CC=C2C(F)F)CCCC1. The van der Waals surface area contributed by atoms with E-state index in [4.69, 9.17) is 11.6 Å². The Kier molecular flexibility index (Phi) is 7.22. The average Bonchev–Trinajstić information content (AvgIpc) is 3.08. The van der Waals surface area contributed by atoms with Gasteiger partial charge in [-0.05, 0) is 70.2 Å². The molecule has 0 saturated carbocycles. The lowest BCUT2D eigenvalue weighted by Crippen LogP contribution is -2.28. The molecule has 0 fully saturated rings. The topological polar surface area (TPSA) is 61.0 Å². The maximum Gasteiger partial charge on any atom is 0.265 e. The minimum atomic E-state index is -2.63. The number of fused-ring (bicyclic) bond motifs is 1. The van der Waals surface area contributed by atoms with E-state index in [0.29, 0.717) is 22.1 Å². The number of aromatic nitrogens is 2. The molecule has 34 heavy (non-hydrogen) atoms. The van der Waals surface area contributed by atoms with Crippen molar-refractivity contribution in [3.8, 4) is 0 Å². The first-order valence-corrected chi connectivity index (χ1v) is 11.9. The van der Waals surface area contributed by atoms with Gasteiger partial charge in [0, 0.05) is 34.6 Å². The second-order valence-electron chi connectivity index (χ2n) is 8.88. The maximum absolute atomic E-state index is 14.0. The molecule has 0 spiro atoms. The van der Waals surface area contributed by atoms with E-state index in [-0.39, 0.29) is 17.9 Å². The lowest BCUT2D eigenvalue weighted by molar-refractivity contribution is -0.118. The summed E-state index contributed by atoms with van der Waals surface area (Å²) in [6.07, 6.45) is 6.28. The Bertz CT molecular complexity index is 1220. The van der Waals surface area contributed by atoms with Gasteiger partial charge in [-0.25, -0.2) is 13.8 Å². The van der Waals surface area contributed by atoms with Crippen LogP contribution >= 0.6 is 11.6 Å². The summed E-state index contributed by atoms with van der Waals surface area (Å²) in [4.78, 5) is 22.6. The molecule has 8 heteroatoms. The lowest BCUT2D eigenvalue weighted by atomic mass is 9.96. The van der Waals surface area contributed by atoms with Crippen LogP contribution in [0.5, 0.6) is 0 Å². The number of carbonyl (C=O) groups is 1. The van der Waals surface area contributed by atoms with Gasteiger partial charge in [-0.2, -0.15) is 0 Å². The Morgan fingerprint density at radius 3 is 2.74 bits per heavy atom. The minimum Gasteiger partial charge on any atom is -0.348 e. The van der Waals surface area contributed by atoms with Crippen LogP contribution in [-0.2, 0) is 4.79 Å². The number of nitrogens with one attached hydrogen (secondary N) is 2. The lowest BCUT2D eigenvalue weighted by Gasteiger charge is -2.31. The predicted molar refractivity (Wildman–Crippen MR) is 131 cm³/mol. The van der Waals surface area contributed by atoms with Crippen molar-refractivity contribution >= 4 is 28.5 Å². The molecule has 4 rings (SSSR count). The van der Waals surface area contributed by atoms with Gasteiger partial charge in [0.2, 0.25) is 5.91 Å². The van der Waals surface area contributed by atoms with Crippen LogP contribution in [-0.4, -0.2) is 34.2 Å². The molecule has 1 unspecified atom stereocenters. The fraction of sp³-hybridized carbons (Fsp3) is 0.385. The highest BCUT2D eigenvalue weighted by molar-refractivity contribution is 6.31. The van der Waals surface area contributed by atoms with Crippen molar-refractivity contribution in [1.29, 1.82) is 0 Å². The Morgan fingerprint density at radius 2 is 2.00 bits per heavy atom. The Hall–Kier alpha value is -2.93. The van der Waals surface area contributed by atoms with Crippen LogP contribution in [0.4, 0.5) is 8.78 Å². The van der Waals surface area contributed by atoms with Gasteiger partial charge in [-0.15, -0.1) is 0 Å². The van der Waals surface area contributed by atoms with Crippen molar-refractivity contribution in [2.24, 2.45) is 0 Å². The predicted octanol–water partition coefficient (Wildman–Crippen LogP) is 6.58. The number of allylic oxidation sites excluding steroid dienone is 6. The van der Waals surface area contributed by atoms with Crippen molar-refractivity contribution < 1.29 is 13.6 Å². The molecule has 2 N–H and O–H groups in total. The van der Waals surface area contributed by atoms with Gasteiger partial charge in [-0.3, -0.25) is 4.79 Å². The third kappa shape index (κ3) is 5.09. The fourth-order valence-electron chi connectivity index (χ4n) is 4.55. The van der Waals surface area contributed by atoms with Gasteiger partial charge in [0.1, 0.15) is 5.82 Å². The molecule has 1 amide bonds. The van der Waals surface area contributed by atoms with Gasteiger partial charge in [0.05, 0.1) is 17.1 Å². The Labute approximate surface area is 203 Å². The van der Waals surface area contributed by atoms with Gasteiger partial charge in [0.25, 0.3) is 6.43 Å². The van der Waals surface area contributed by atoms with Gasteiger partial charge < -0.3 is 15.2 Å². The molecule has 180 valence electrons. The molecular formula is C26H29ClF2N4O. The molecular weight excluding hydrogens is 458 g/mol. The molecule has 0 aliphatic heterocycles. The molecule has 1 aromatic carbocycles. The molecule has 0 radical (unpaired) electrons. The van der Waals surface area contributed by atoms with E-state index in [1.807, 2.05) is 24.9 Å². The van der Waals surface area contributed by atoms with E-state index < -0.39 is 12.5 Å². The number of benzene rings is 1. The zero-order valence-corrected chi connectivity index (χ0v) is 20.3. The van der Waals surface area contributed by atoms with Crippen LogP contribution < -0.4 is 5.32 Å². The summed E-state index contributed by atoms with van der Waals surface area (Å²) in [5.41, 5.74) is 4.67. The zero-order valence-electron chi connectivity index (χ0n) is 19.6. The molecule has 2 aromatic rings. The summed E-state index contributed by atoms with van der Waals surface area (Å²) in [7, 11) is 1.83. The number of imidazole rings is 1. The number of halogens is 3. The highest BCUT2D eigenvalue weighted by Gasteiger charge is 2.25. The maximum atomic E-state index is 14.0. The summed E-state index contributed by atoms with van der Waals surface area (Å²) in [6, 6.07) is 4.94. The molecule has 0 saturated heterocycles. The van der Waals surface area contributed by atoms with Crippen molar-refractivity contribution in [3.63, 3.8) is 0 Å². The van der Waals surface area contributed by atoms with Crippen LogP contribution in [0.3, 0.4) is 0 Å². The van der Waals surface area contributed by atoms with Gasteiger partial charge >= 0.3 is 0 Å². The van der Waals surface area contributed by atoms with Gasteiger partial charge in [0.15, 0.2) is 0 Å². The number of H-pyrrole nitrogens is 1. The number of aromatic amines is 1. The Morgan fingerprint density at radius 1 is 1.24 bits per heavy atom. The van der Waals surface area contributed by atoms with Crippen molar-refractivity contribution in [2.45, 2.75) is 58.4 Å². The van der Waals surface area contributed by atoms with Crippen LogP contribution in [0, 0.1) is 0 Å². The number of alkyl halides is 2. The number of carbonyl (C=O) groups excluding carboxylic acids is 1. The number of hydrogen-bond donors (Lipinski definition) is 2.